The molecule has 0 saturated carbocycles. The van der Waals surface area contributed by atoms with Crippen molar-refractivity contribution in [3.8, 4) is 39.4 Å². The van der Waals surface area contributed by atoms with E-state index in [0.29, 0.717) is 0 Å². The van der Waals surface area contributed by atoms with Gasteiger partial charge in [0.1, 0.15) is 0 Å². The molecule has 2 heterocycles. The molecule has 10 aromatic rings. The van der Waals surface area contributed by atoms with Crippen LogP contribution in [-0.2, 0) is 0 Å². The average Bonchev–Trinajstić information content (AvgIpc) is 3.57. The van der Waals surface area contributed by atoms with Crippen LogP contribution >= 0.6 is 0 Å². The number of para-hydroxylation sites is 4. The molecule has 0 saturated heterocycles. The minimum atomic E-state index is 0.878. The summed E-state index contributed by atoms with van der Waals surface area (Å²) in [5.74, 6) is 1.77. The highest BCUT2D eigenvalue weighted by Gasteiger charge is 2.24. The zero-order valence-corrected chi connectivity index (χ0v) is 28.8. The average molecular weight is 677 g/mol. The van der Waals surface area contributed by atoms with Gasteiger partial charge >= 0.3 is 0 Å². The maximum Gasteiger partial charge on any atom is 0.152 e. The fourth-order valence-corrected chi connectivity index (χ4v) is 8.30. The molecule has 0 bridgehead atoms. The van der Waals surface area contributed by atoms with Crippen molar-refractivity contribution < 1.29 is 4.74 Å². The Morgan fingerprint density at radius 2 is 1.09 bits per heavy atom. The second kappa shape index (κ2) is 11.7. The van der Waals surface area contributed by atoms with E-state index in [4.69, 9.17) is 4.74 Å². The van der Waals surface area contributed by atoms with Crippen LogP contribution in [0.25, 0.3) is 71.3 Å². The number of hydrogen-bond acceptors (Lipinski definition) is 2. The predicted octanol–water partition coefficient (Wildman–Crippen LogP) is 14.0. The zero-order valence-electron chi connectivity index (χ0n) is 28.8. The third-order valence-corrected chi connectivity index (χ3v) is 10.8. The van der Waals surface area contributed by atoms with E-state index in [9.17, 15) is 0 Å². The summed E-state index contributed by atoms with van der Waals surface area (Å²) >= 11 is 0. The van der Waals surface area contributed by atoms with Gasteiger partial charge in [0.2, 0.25) is 0 Å². The number of anilines is 3. The Hall–Kier alpha value is -7.10. The Morgan fingerprint density at radius 1 is 0.396 bits per heavy atom. The SMILES string of the molecule is c1ccc(-c2ccccc2N(c2ccc(-c3ccc4c(c3)c3cccc5c3n4-c3ccccc3O5)cc2)c2ccc3c(ccc4ccccc43)c2)cc1. The molecular weight excluding hydrogens is 645 g/mol. The Labute approximate surface area is 307 Å². The topological polar surface area (TPSA) is 17.4 Å². The van der Waals surface area contributed by atoms with E-state index in [1.165, 1.54) is 60.1 Å². The Bertz CT molecular complexity index is 3030. The Kier molecular flexibility index (Phi) is 6.55. The number of rotatable bonds is 5. The number of nitrogens with zero attached hydrogens (tertiary/aromatic N) is 2. The van der Waals surface area contributed by atoms with Gasteiger partial charge in [-0.2, -0.15) is 0 Å². The van der Waals surface area contributed by atoms with Crippen LogP contribution in [0.4, 0.5) is 17.1 Å². The third-order valence-electron chi connectivity index (χ3n) is 10.8. The molecule has 1 aliphatic rings. The molecule has 1 aromatic heterocycles. The van der Waals surface area contributed by atoms with Crippen LogP contribution in [0, 0.1) is 0 Å². The van der Waals surface area contributed by atoms with Crippen molar-refractivity contribution in [1.29, 1.82) is 0 Å². The molecule has 0 unspecified atom stereocenters. The van der Waals surface area contributed by atoms with Gasteiger partial charge in [0.25, 0.3) is 0 Å². The van der Waals surface area contributed by atoms with Crippen LogP contribution in [0.2, 0.25) is 0 Å². The fraction of sp³-hybridized carbons (Fsp3) is 0. The van der Waals surface area contributed by atoms with Gasteiger partial charge in [-0.25, -0.2) is 0 Å². The monoisotopic (exact) mass is 676 g/mol. The van der Waals surface area contributed by atoms with Crippen molar-refractivity contribution in [2.24, 2.45) is 0 Å². The lowest BCUT2D eigenvalue weighted by Crippen LogP contribution is -2.11. The van der Waals surface area contributed by atoms with Crippen LogP contribution in [0.3, 0.4) is 0 Å². The normalized spacial score (nSPS) is 11.9. The zero-order chi connectivity index (χ0) is 34.9. The summed E-state index contributed by atoms with van der Waals surface area (Å²) in [4.78, 5) is 2.39. The largest absolute Gasteiger partial charge is 0.453 e. The lowest BCUT2D eigenvalue weighted by molar-refractivity contribution is 0.476. The van der Waals surface area contributed by atoms with Crippen molar-refractivity contribution in [2.45, 2.75) is 0 Å². The highest BCUT2D eigenvalue weighted by molar-refractivity contribution is 6.13. The molecule has 0 fully saturated rings. The molecule has 11 rings (SSSR count). The second-order valence-corrected chi connectivity index (χ2v) is 13.7. The van der Waals surface area contributed by atoms with Crippen molar-refractivity contribution in [3.63, 3.8) is 0 Å². The number of hydrogen-bond donors (Lipinski definition) is 0. The van der Waals surface area contributed by atoms with Gasteiger partial charge < -0.3 is 14.2 Å². The first-order valence-electron chi connectivity index (χ1n) is 18.1. The first kappa shape index (κ1) is 29.6. The second-order valence-electron chi connectivity index (χ2n) is 13.7. The molecule has 53 heavy (non-hydrogen) atoms. The quantitative estimate of drug-likeness (QED) is 0.169. The van der Waals surface area contributed by atoms with Crippen molar-refractivity contribution in [2.75, 3.05) is 4.90 Å². The number of aromatic nitrogens is 1. The third kappa shape index (κ3) is 4.68. The summed E-state index contributed by atoms with van der Waals surface area (Å²) in [5, 5.41) is 7.40. The molecule has 0 amide bonds. The van der Waals surface area contributed by atoms with E-state index < -0.39 is 0 Å². The molecule has 3 nitrogen and oxygen atoms in total. The maximum absolute atomic E-state index is 6.36. The number of fused-ring (bicyclic) bond motifs is 8. The lowest BCUT2D eigenvalue weighted by Gasteiger charge is -2.28. The summed E-state index contributed by atoms with van der Waals surface area (Å²) in [5.41, 5.74) is 11.4. The van der Waals surface area contributed by atoms with Gasteiger partial charge in [-0.1, -0.05) is 133 Å². The van der Waals surface area contributed by atoms with Crippen LogP contribution in [0.5, 0.6) is 11.5 Å². The molecule has 248 valence electrons. The van der Waals surface area contributed by atoms with Crippen molar-refractivity contribution in [3.05, 3.63) is 194 Å². The fourth-order valence-electron chi connectivity index (χ4n) is 8.30. The van der Waals surface area contributed by atoms with Gasteiger partial charge in [0.05, 0.1) is 22.4 Å². The van der Waals surface area contributed by atoms with Crippen LogP contribution in [-0.4, -0.2) is 4.57 Å². The van der Waals surface area contributed by atoms with Crippen molar-refractivity contribution >= 4 is 60.4 Å². The highest BCUT2D eigenvalue weighted by atomic mass is 16.5. The predicted molar refractivity (Wildman–Crippen MR) is 221 cm³/mol. The van der Waals surface area contributed by atoms with Gasteiger partial charge in [-0.05, 0) is 98.9 Å². The summed E-state index contributed by atoms with van der Waals surface area (Å²) in [6.45, 7) is 0. The van der Waals surface area contributed by atoms with E-state index in [0.717, 1.165) is 39.8 Å². The highest BCUT2D eigenvalue weighted by Crippen LogP contribution is 2.46. The minimum Gasteiger partial charge on any atom is -0.453 e. The Morgan fingerprint density at radius 3 is 2.02 bits per heavy atom. The first-order valence-corrected chi connectivity index (χ1v) is 18.1. The van der Waals surface area contributed by atoms with E-state index in [-0.39, 0.29) is 0 Å². The molecule has 1 aliphatic heterocycles. The smallest absolute Gasteiger partial charge is 0.152 e. The Balaban J connectivity index is 1.05. The van der Waals surface area contributed by atoms with Crippen molar-refractivity contribution in [1.82, 2.24) is 4.57 Å². The summed E-state index contributed by atoms with van der Waals surface area (Å²) < 4.78 is 8.70. The van der Waals surface area contributed by atoms with Gasteiger partial charge in [0.15, 0.2) is 11.5 Å². The van der Waals surface area contributed by atoms with Crippen LogP contribution < -0.4 is 9.64 Å². The first-order chi connectivity index (χ1) is 26.3. The van der Waals surface area contributed by atoms with E-state index in [1.54, 1.807) is 0 Å². The van der Waals surface area contributed by atoms with E-state index in [2.05, 4.69) is 191 Å². The standard InChI is InChI=1S/C50H32N2O/c1-2-11-34(12-3-1)42-15-6-7-17-45(42)51(39-28-29-41-37(31-39)22-21-35-13-4-5-14-40(35)41)38-26-23-33(24-27-38)36-25-30-46-44(32-36)43-16-10-20-49-50(43)52(46)47-18-8-9-19-48(47)53-49/h1-32H. The molecule has 0 radical (unpaired) electrons. The van der Waals surface area contributed by atoms with E-state index in [1.807, 2.05) is 12.1 Å². The molecule has 0 atom stereocenters. The molecule has 0 N–H and O–H groups in total. The lowest BCUT2D eigenvalue weighted by atomic mass is 9.99. The molecule has 0 spiro atoms. The maximum atomic E-state index is 6.36. The molecule has 9 aromatic carbocycles. The van der Waals surface area contributed by atoms with Gasteiger partial charge in [-0.3, -0.25) is 0 Å². The molecular formula is C50H32N2O. The van der Waals surface area contributed by atoms with Gasteiger partial charge in [0, 0.05) is 27.7 Å². The van der Waals surface area contributed by atoms with Gasteiger partial charge in [-0.15, -0.1) is 0 Å². The minimum absolute atomic E-state index is 0.878. The summed E-state index contributed by atoms with van der Waals surface area (Å²) in [7, 11) is 0. The number of benzene rings is 9. The molecule has 0 aliphatic carbocycles. The van der Waals surface area contributed by atoms with E-state index >= 15 is 0 Å². The molecule has 3 heteroatoms. The number of ether oxygens (including phenoxy) is 1. The summed E-state index contributed by atoms with van der Waals surface area (Å²) in [6.07, 6.45) is 0. The van der Waals surface area contributed by atoms with Crippen LogP contribution in [0.15, 0.2) is 194 Å². The van der Waals surface area contributed by atoms with Crippen LogP contribution in [0.1, 0.15) is 0 Å². The summed E-state index contributed by atoms with van der Waals surface area (Å²) in [6, 6.07) is 69.8.